The summed E-state index contributed by atoms with van der Waals surface area (Å²) in [5.74, 6) is 2.69. The van der Waals surface area contributed by atoms with Gasteiger partial charge in [-0.15, -0.1) is 10.2 Å². The number of benzene rings is 1. The van der Waals surface area contributed by atoms with Crippen molar-refractivity contribution in [2.75, 3.05) is 32.8 Å². The molecule has 0 saturated carbocycles. The predicted molar refractivity (Wildman–Crippen MR) is 100 cm³/mol. The van der Waals surface area contributed by atoms with Crippen LogP contribution in [0.15, 0.2) is 51.5 Å². The second-order valence-electron chi connectivity index (χ2n) is 6.94. The molecule has 0 spiro atoms. The van der Waals surface area contributed by atoms with Gasteiger partial charge in [-0.05, 0) is 24.3 Å². The lowest BCUT2D eigenvalue weighted by Gasteiger charge is -2.36. The number of carbonyl (C=O) groups excluding carboxylic acids is 1. The molecule has 0 N–H and O–H groups in total. The molecule has 3 aromatic rings. The fourth-order valence-corrected chi connectivity index (χ4v) is 3.48. The van der Waals surface area contributed by atoms with Gasteiger partial charge in [-0.2, -0.15) is 0 Å². The van der Waals surface area contributed by atoms with Crippen LogP contribution in [0.4, 0.5) is 0 Å². The summed E-state index contributed by atoms with van der Waals surface area (Å²) in [4.78, 5) is 16.8. The van der Waals surface area contributed by atoms with E-state index in [9.17, 15) is 4.79 Å². The van der Waals surface area contributed by atoms with Crippen molar-refractivity contribution >= 4 is 5.91 Å². The van der Waals surface area contributed by atoms with Gasteiger partial charge in [0.2, 0.25) is 12.0 Å². The number of para-hydroxylation sites is 2. The van der Waals surface area contributed by atoms with E-state index in [2.05, 4.69) is 15.1 Å². The molecule has 1 unspecified atom stereocenters. The first kappa shape index (κ1) is 17.7. The number of hydrogen-bond donors (Lipinski definition) is 0. The maximum atomic E-state index is 12.8. The van der Waals surface area contributed by atoms with E-state index >= 15 is 0 Å². The Bertz CT molecular complexity index is 978. The molecule has 1 saturated heterocycles. The number of aromatic nitrogens is 2. The van der Waals surface area contributed by atoms with E-state index in [1.54, 1.807) is 18.4 Å². The highest BCUT2D eigenvalue weighted by molar-refractivity contribution is 5.82. The molecular formula is C20H20N4O5. The highest BCUT2D eigenvalue weighted by atomic mass is 16.6. The summed E-state index contributed by atoms with van der Waals surface area (Å²) in [5.41, 5.74) is 0. The van der Waals surface area contributed by atoms with Crippen molar-refractivity contribution in [1.29, 1.82) is 0 Å². The molecule has 0 radical (unpaired) electrons. The summed E-state index contributed by atoms with van der Waals surface area (Å²) in [6.07, 6.45) is 0.956. The first-order valence-corrected chi connectivity index (χ1v) is 9.52. The van der Waals surface area contributed by atoms with Crippen molar-refractivity contribution in [3.05, 3.63) is 48.6 Å². The summed E-state index contributed by atoms with van der Waals surface area (Å²) in [6.45, 7) is 3.42. The minimum Gasteiger partial charge on any atom is -0.485 e. The second-order valence-corrected chi connectivity index (χ2v) is 6.94. The molecule has 5 rings (SSSR count). The molecule has 1 aromatic carbocycles. The van der Waals surface area contributed by atoms with Gasteiger partial charge < -0.3 is 23.2 Å². The van der Waals surface area contributed by atoms with Crippen LogP contribution in [0.3, 0.4) is 0 Å². The summed E-state index contributed by atoms with van der Waals surface area (Å²) in [6, 6.07) is 10.9. The SMILES string of the molecule is O=C(C1COc2ccccc2O1)N1CCN(Cc2nnc(-c3ccco3)o2)CC1. The molecule has 9 nitrogen and oxygen atoms in total. The van der Waals surface area contributed by atoms with Crippen molar-refractivity contribution in [3.8, 4) is 23.1 Å². The Kier molecular flexibility index (Phi) is 4.65. The van der Waals surface area contributed by atoms with E-state index in [1.165, 1.54) is 0 Å². The number of amides is 1. The summed E-state index contributed by atoms with van der Waals surface area (Å²) in [5, 5.41) is 8.09. The quantitative estimate of drug-likeness (QED) is 0.659. The van der Waals surface area contributed by atoms with E-state index < -0.39 is 6.10 Å². The fraction of sp³-hybridized carbons (Fsp3) is 0.350. The number of furan rings is 1. The third-order valence-corrected chi connectivity index (χ3v) is 5.03. The van der Waals surface area contributed by atoms with E-state index in [-0.39, 0.29) is 12.5 Å². The Morgan fingerprint density at radius 2 is 1.86 bits per heavy atom. The number of nitrogens with zero attached hydrogens (tertiary/aromatic N) is 4. The fourth-order valence-electron chi connectivity index (χ4n) is 3.48. The normalized spacial score (nSPS) is 19.3. The van der Waals surface area contributed by atoms with Crippen molar-refractivity contribution in [1.82, 2.24) is 20.0 Å². The van der Waals surface area contributed by atoms with Gasteiger partial charge in [-0.3, -0.25) is 9.69 Å². The van der Waals surface area contributed by atoms with Crippen LogP contribution in [0.25, 0.3) is 11.7 Å². The van der Waals surface area contributed by atoms with Gasteiger partial charge in [0.05, 0.1) is 12.8 Å². The summed E-state index contributed by atoms with van der Waals surface area (Å²) >= 11 is 0. The molecule has 2 aliphatic rings. The summed E-state index contributed by atoms with van der Waals surface area (Å²) < 4.78 is 22.4. The molecule has 4 heterocycles. The largest absolute Gasteiger partial charge is 0.485 e. The first-order valence-electron chi connectivity index (χ1n) is 9.52. The zero-order chi connectivity index (χ0) is 19.6. The monoisotopic (exact) mass is 396 g/mol. The van der Waals surface area contributed by atoms with Crippen LogP contribution in [0.1, 0.15) is 5.89 Å². The average Bonchev–Trinajstić information content (AvgIpc) is 3.45. The van der Waals surface area contributed by atoms with Crippen molar-refractivity contribution in [2.24, 2.45) is 0 Å². The Morgan fingerprint density at radius 1 is 1.03 bits per heavy atom. The molecule has 1 amide bonds. The number of hydrogen-bond acceptors (Lipinski definition) is 8. The maximum Gasteiger partial charge on any atom is 0.283 e. The van der Waals surface area contributed by atoms with Crippen LogP contribution < -0.4 is 9.47 Å². The van der Waals surface area contributed by atoms with E-state index in [0.29, 0.717) is 61.8 Å². The average molecular weight is 396 g/mol. The first-order chi connectivity index (χ1) is 14.3. The highest BCUT2D eigenvalue weighted by Gasteiger charge is 2.32. The number of rotatable bonds is 4. The summed E-state index contributed by atoms with van der Waals surface area (Å²) in [7, 11) is 0. The molecule has 1 atom stereocenters. The standard InChI is InChI=1S/C20H20N4O5/c25-20(17-13-27-14-4-1-2-5-15(14)28-17)24-9-7-23(8-10-24)12-18-21-22-19(29-18)16-6-3-11-26-16/h1-6,11,17H,7-10,12-13H2. The zero-order valence-electron chi connectivity index (χ0n) is 15.7. The lowest BCUT2D eigenvalue weighted by atomic mass is 10.2. The third-order valence-electron chi connectivity index (χ3n) is 5.03. The predicted octanol–water partition coefficient (Wildman–Crippen LogP) is 1.81. The Labute approximate surface area is 166 Å². The minimum absolute atomic E-state index is 0.0444. The third kappa shape index (κ3) is 3.68. The lowest BCUT2D eigenvalue weighted by molar-refractivity contribution is -0.143. The second kappa shape index (κ2) is 7.59. The van der Waals surface area contributed by atoms with Gasteiger partial charge in [0.15, 0.2) is 17.3 Å². The molecule has 150 valence electrons. The van der Waals surface area contributed by atoms with E-state index in [4.69, 9.17) is 18.3 Å². The van der Waals surface area contributed by atoms with E-state index in [1.807, 2.05) is 29.2 Å². The molecule has 0 bridgehead atoms. The topological polar surface area (TPSA) is 94.1 Å². The van der Waals surface area contributed by atoms with Crippen LogP contribution in [-0.4, -0.2) is 64.8 Å². The van der Waals surface area contributed by atoms with Gasteiger partial charge in [-0.25, -0.2) is 0 Å². The van der Waals surface area contributed by atoms with Crippen LogP contribution in [0.2, 0.25) is 0 Å². The van der Waals surface area contributed by atoms with Crippen molar-refractivity contribution in [3.63, 3.8) is 0 Å². The van der Waals surface area contributed by atoms with Crippen LogP contribution >= 0.6 is 0 Å². The van der Waals surface area contributed by atoms with Crippen LogP contribution in [0.5, 0.6) is 11.5 Å². The highest BCUT2D eigenvalue weighted by Crippen LogP contribution is 2.31. The lowest BCUT2D eigenvalue weighted by Crippen LogP contribution is -2.53. The van der Waals surface area contributed by atoms with Gasteiger partial charge in [0.25, 0.3) is 11.8 Å². The Balaban J connectivity index is 1.14. The molecular weight excluding hydrogens is 376 g/mol. The van der Waals surface area contributed by atoms with Crippen molar-refractivity contribution in [2.45, 2.75) is 12.6 Å². The molecule has 29 heavy (non-hydrogen) atoms. The maximum absolute atomic E-state index is 12.8. The number of piperazine rings is 1. The number of carbonyl (C=O) groups is 1. The Hall–Kier alpha value is -3.33. The molecule has 2 aromatic heterocycles. The number of fused-ring (bicyclic) bond motifs is 1. The Morgan fingerprint density at radius 3 is 2.66 bits per heavy atom. The molecule has 9 heteroatoms. The van der Waals surface area contributed by atoms with Gasteiger partial charge in [-0.1, -0.05) is 12.1 Å². The molecule has 0 aliphatic carbocycles. The van der Waals surface area contributed by atoms with E-state index in [0.717, 1.165) is 0 Å². The smallest absolute Gasteiger partial charge is 0.283 e. The van der Waals surface area contributed by atoms with Gasteiger partial charge >= 0.3 is 0 Å². The van der Waals surface area contributed by atoms with Gasteiger partial charge in [0.1, 0.15) is 6.61 Å². The zero-order valence-corrected chi connectivity index (χ0v) is 15.7. The number of ether oxygens (including phenoxy) is 2. The molecule has 2 aliphatic heterocycles. The van der Waals surface area contributed by atoms with Crippen LogP contribution in [-0.2, 0) is 11.3 Å². The minimum atomic E-state index is -0.608. The van der Waals surface area contributed by atoms with Crippen LogP contribution in [0, 0.1) is 0 Å². The molecule has 1 fully saturated rings. The van der Waals surface area contributed by atoms with Crippen molar-refractivity contribution < 1.29 is 23.1 Å². The van der Waals surface area contributed by atoms with Gasteiger partial charge in [0, 0.05) is 26.2 Å².